The zero-order chi connectivity index (χ0) is 12.3. The summed E-state index contributed by atoms with van der Waals surface area (Å²) in [5.74, 6) is 1.79. The second kappa shape index (κ2) is 5.54. The first-order valence-corrected chi connectivity index (χ1v) is 6.63. The van der Waals surface area contributed by atoms with Crippen molar-refractivity contribution in [2.45, 2.75) is 39.2 Å². The third-order valence-corrected chi connectivity index (χ3v) is 3.39. The maximum Gasteiger partial charge on any atom is 0.122 e. The number of benzene rings is 1. The highest BCUT2D eigenvalue weighted by Gasteiger charge is 2.15. The number of rotatable bonds is 4. The van der Waals surface area contributed by atoms with Crippen molar-refractivity contribution >= 4 is 0 Å². The molecular formula is C15H23NO. The van der Waals surface area contributed by atoms with Gasteiger partial charge in [0.05, 0.1) is 6.61 Å². The lowest BCUT2D eigenvalue weighted by Gasteiger charge is -2.22. The molecule has 1 aliphatic heterocycles. The van der Waals surface area contributed by atoms with Crippen molar-refractivity contribution in [1.82, 2.24) is 5.32 Å². The van der Waals surface area contributed by atoms with Gasteiger partial charge in [-0.05, 0) is 49.4 Å². The van der Waals surface area contributed by atoms with E-state index in [2.05, 4.69) is 37.4 Å². The molecule has 0 saturated carbocycles. The molecule has 1 aromatic carbocycles. The zero-order valence-corrected chi connectivity index (χ0v) is 11.1. The SMILES string of the molecule is CNC(CC(C)C)c1ccc2c(c1)CCCO2. The van der Waals surface area contributed by atoms with E-state index in [1.165, 1.54) is 17.5 Å². The molecule has 2 nitrogen and oxygen atoms in total. The predicted octanol–water partition coefficient (Wildman–Crippen LogP) is 3.32. The van der Waals surface area contributed by atoms with Gasteiger partial charge < -0.3 is 10.1 Å². The Morgan fingerprint density at radius 1 is 1.35 bits per heavy atom. The van der Waals surface area contributed by atoms with E-state index in [9.17, 15) is 0 Å². The molecule has 1 unspecified atom stereocenters. The molecule has 1 heterocycles. The highest BCUT2D eigenvalue weighted by molar-refractivity contribution is 5.39. The van der Waals surface area contributed by atoms with Gasteiger partial charge in [0, 0.05) is 6.04 Å². The average Bonchev–Trinajstić information content (AvgIpc) is 2.35. The van der Waals surface area contributed by atoms with Gasteiger partial charge in [-0.25, -0.2) is 0 Å². The normalized spacial score (nSPS) is 16.5. The largest absolute Gasteiger partial charge is 0.493 e. The number of fused-ring (bicyclic) bond motifs is 1. The van der Waals surface area contributed by atoms with Gasteiger partial charge in [-0.1, -0.05) is 26.0 Å². The fourth-order valence-electron chi connectivity index (χ4n) is 2.49. The minimum Gasteiger partial charge on any atom is -0.493 e. The van der Waals surface area contributed by atoms with Crippen molar-refractivity contribution in [2.24, 2.45) is 5.92 Å². The Morgan fingerprint density at radius 3 is 2.88 bits per heavy atom. The summed E-state index contributed by atoms with van der Waals surface area (Å²) in [5, 5.41) is 3.42. The number of hydrogen-bond donors (Lipinski definition) is 1. The monoisotopic (exact) mass is 233 g/mol. The molecule has 2 rings (SSSR count). The second-order valence-electron chi connectivity index (χ2n) is 5.29. The Labute approximate surface area is 104 Å². The molecule has 0 radical (unpaired) electrons. The topological polar surface area (TPSA) is 21.3 Å². The standard InChI is InChI=1S/C15H23NO/c1-11(2)9-14(16-3)12-6-7-15-13(10-12)5-4-8-17-15/h6-7,10-11,14,16H,4-5,8-9H2,1-3H3. The van der Waals surface area contributed by atoms with Crippen LogP contribution in [0.15, 0.2) is 18.2 Å². The molecule has 0 amide bonds. The Bertz CT molecular complexity index is 373. The number of ether oxygens (including phenoxy) is 1. The minimum atomic E-state index is 0.460. The summed E-state index contributed by atoms with van der Waals surface area (Å²) in [6.07, 6.45) is 3.47. The summed E-state index contributed by atoms with van der Waals surface area (Å²) < 4.78 is 5.65. The highest BCUT2D eigenvalue weighted by Crippen LogP contribution is 2.29. The number of hydrogen-bond acceptors (Lipinski definition) is 2. The first-order chi connectivity index (χ1) is 8.20. The summed E-state index contributed by atoms with van der Waals surface area (Å²) >= 11 is 0. The molecule has 0 bridgehead atoms. The van der Waals surface area contributed by atoms with E-state index < -0.39 is 0 Å². The van der Waals surface area contributed by atoms with Crippen LogP contribution in [0, 0.1) is 5.92 Å². The third kappa shape index (κ3) is 3.01. The van der Waals surface area contributed by atoms with Crippen molar-refractivity contribution < 1.29 is 4.74 Å². The first kappa shape index (κ1) is 12.4. The van der Waals surface area contributed by atoms with Crippen LogP contribution >= 0.6 is 0 Å². The van der Waals surface area contributed by atoms with Crippen LogP contribution in [0.2, 0.25) is 0 Å². The zero-order valence-electron chi connectivity index (χ0n) is 11.1. The molecule has 2 heteroatoms. The van der Waals surface area contributed by atoms with E-state index in [-0.39, 0.29) is 0 Å². The molecule has 1 aromatic rings. The Kier molecular flexibility index (Phi) is 4.06. The maximum absolute atomic E-state index is 5.65. The van der Waals surface area contributed by atoms with Gasteiger partial charge in [0.15, 0.2) is 0 Å². The molecule has 0 fully saturated rings. The van der Waals surface area contributed by atoms with Crippen molar-refractivity contribution in [3.05, 3.63) is 29.3 Å². The summed E-state index contributed by atoms with van der Waals surface area (Å²) in [4.78, 5) is 0. The van der Waals surface area contributed by atoms with Crippen LogP contribution in [0.4, 0.5) is 0 Å². The molecule has 0 spiro atoms. The smallest absolute Gasteiger partial charge is 0.122 e. The number of nitrogens with one attached hydrogen (secondary N) is 1. The molecule has 1 aliphatic rings. The molecule has 0 aliphatic carbocycles. The van der Waals surface area contributed by atoms with Crippen LogP contribution < -0.4 is 10.1 Å². The summed E-state index contributed by atoms with van der Waals surface area (Å²) in [6, 6.07) is 7.11. The third-order valence-electron chi connectivity index (χ3n) is 3.39. The van der Waals surface area contributed by atoms with Gasteiger partial charge in [-0.3, -0.25) is 0 Å². The molecule has 0 saturated heterocycles. The summed E-state index contributed by atoms with van der Waals surface area (Å²) in [5.41, 5.74) is 2.77. The van der Waals surface area contributed by atoms with Crippen molar-refractivity contribution in [2.75, 3.05) is 13.7 Å². The second-order valence-corrected chi connectivity index (χ2v) is 5.29. The molecular weight excluding hydrogens is 210 g/mol. The summed E-state index contributed by atoms with van der Waals surface area (Å²) in [7, 11) is 2.04. The molecule has 94 valence electrons. The number of aryl methyl sites for hydroxylation is 1. The first-order valence-electron chi connectivity index (χ1n) is 6.63. The van der Waals surface area contributed by atoms with Gasteiger partial charge in [-0.2, -0.15) is 0 Å². The lowest BCUT2D eigenvalue weighted by Crippen LogP contribution is -2.19. The van der Waals surface area contributed by atoms with E-state index >= 15 is 0 Å². The maximum atomic E-state index is 5.65. The van der Waals surface area contributed by atoms with Crippen molar-refractivity contribution in [3.8, 4) is 5.75 Å². The Hall–Kier alpha value is -1.02. The molecule has 1 N–H and O–H groups in total. The quantitative estimate of drug-likeness (QED) is 0.861. The van der Waals surface area contributed by atoms with Crippen LogP contribution in [-0.2, 0) is 6.42 Å². The average molecular weight is 233 g/mol. The molecule has 0 aromatic heterocycles. The van der Waals surface area contributed by atoms with Crippen molar-refractivity contribution in [1.29, 1.82) is 0 Å². The fourth-order valence-corrected chi connectivity index (χ4v) is 2.49. The van der Waals surface area contributed by atoms with Crippen molar-refractivity contribution in [3.63, 3.8) is 0 Å². The van der Waals surface area contributed by atoms with E-state index in [4.69, 9.17) is 4.74 Å². The Morgan fingerprint density at radius 2 is 2.18 bits per heavy atom. The van der Waals surface area contributed by atoms with Crippen LogP contribution in [0.3, 0.4) is 0 Å². The van der Waals surface area contributed by atoms with E-state index in [0.29, 0.717) is 12.0 Å². The van der Waals surface area contributed by atoms with Gasteiger partial charge in [0.25, 0.3) is 0 Å². The van der Waals surface area contributed by atoms with E-state index in [1.807, 2.05) is 7.05 Å². The van der Waals surface area contributed by atoms with E-state index in [1.54, 1.807) is 0 Å². The van der Waals surface area contributed by atoms with Gasteiger partial charge >= 0.3 is 0 Å². The Balaban J connectivity index is 2.19. The fraction of sp³-hybridized carbons (Fsp3) is 0.600. The highest BCUT2D eigenvalue weighted by atomic mass is 16.5. The van der Waals surface area contributed by atoms with Crippen LogP contribution in [-0.4, -0.2) is 13.7 Å². The van der Waals surface area contributed by atoms with Crippen LogP contribution in [0.25, 0.3) is 0 Å². The van der Waals surface area contributed by atoms with E-state index in [0.717, 1.165) is 25.2 Å². The van der Waals surface area contributed by atoms with Gasteiger partial charge in [0.1, 0.15) is 5.75 Å². The molecule has 1 atom stereocenters. The lowest BCUT2D eigenvalue weighted by molar-refractivity contribution is 0.288. The van der Waals surface area contributed by atoms with Crippen LogP contribution in [0.5, 0.6) is 5.75 Å². The lowest BCUT2D eigenvalue weighted by atomic mass is 9.94. The summed E-state index contributed by atoms with van der Waals surface area (Å²) in [6.45, 7) is 5.41. The predicted molar refractivity (Wildman–Crippen MR) is 71.5 cm³/mol. The van der Waals surface area contributed by atoms with Gasteiger partial charge in [0.2, 0.25) is 0 Å². The van der Waals surface area contributed by atoms with Crippen LogP contribution in [0.1, 0.15) is 43.9 Å². The van der Waals surface area contributed by atoms with Gasteiger partial charge in [-0.15, -0.1) is 0 Å². The molecule has 17 heavy (non-hydrogen) atoms. The minimum absolute atomic E-state index is 0.460.